The number of anilines is 2. The molecule has 0 aliphatic rings. The zero-order chi connectivity index (χ0) is 24.1. The highest BCUT2D eigenvalue weighted by Gasteiger charge is 2.34. The number of aliphatic imine (C=N–C) groups is 1. The van der Waals surface area contributed by atoms with Crippen molar-refractivity contribution in [1.29, 1.82) is 0 Å². The van der Waals surface area contributed by atoms with Crippen molar-refractivity contribution in [2.45, 2.75) is 20.0 Å². The summed E-state index contributed by atoms with van der Waals surface area (Å²) in [6, 6.07) is 6.84. The maximum atomic E-state index is 13.0. The number of aliphatic hydroxyl groups excluding tert-OH is 1. The molecule has 2 rings (SSSR count). The van der Waals surface area contributed by atoms with Gasteiger partial charge in [-0.05, 0) is 55.8 Å². The molecule has 0 radical (unpaired) electrons. The van der Waals surface area contributed by atoms with Crippen LogP contribution in [0.25, 0.3) is 0 Å². The number of phenols is 1. The first-order valence-electron chi connectivity index (χ1n) is 9.15. The van der Waals surface area contributed by atoms with Crippen LogP contribution in [0.2, 0.25) is 0 Å². The summed E-state index contributed by atoms with van der Waals surface area (Å²) in [7, 11) is 0. The molecular weight excluding hydrogens is 427 g/mol. The summed E-state index contributed by atoms with van der Waals surface area (Å²) < 4.78 is 38.9. The number of aryl methyl sites for hydroxylation is 1. The summed E-state index contributed by atoms with van der Waals surface area (Å²) in [5.41, 5.74) is -0.858. The number of amides is 2. The lowest BCUT2D eigenvalue weighted by Gasteiger charge is -2.13. The van der Waals surface area contributed by atoms with Crippen LogP contribution in [0.15, 0.2) is 66.0 Å². The average Bonchev–Trinajstić information content (AvgIpc) is 2.73. The molecule has 0 spiro atoms. The van der Waals surface area contributed by atoms with Crippen LogP contribution in [0, 0.1) is 6.92 Å². The number of nitrogens with one attached hydrogen (secondary N) is 2. The van der Waals surface area contributed by atoms with Crippen LogP contribution in [0.5, 0.6) is 5.75 Å². The van der Waals surface area contributed by atoms with Crippen molar-refractivity contribution in [1.82, 2.24) is 0 Å². The molecule has 4 N–H and O–H groups in total. The van der Waals surface area contributed by atoms with Gasteiger partial charge in [0, 0.05) is 23.1 Å². The van der Waals surface area contributed by atoms with E-state index in [1.165, 1.54) is 25.1 Å². The molecule has 32 heavy (non-hydrogen) atoms. The van der Waals surface area contributed by atoms with E-state index in [1.807, 2.05) is 0 Å². The quantitative estimate of drug-likeness (QED) is 0.371. The number of phenolic OH excluding ortho intramolecular Hbond substituents is 1. The highest BCUT2D eigenvalue weighted by atomic mass is 19.4. The van der Waals surface area contributed by atoms with Gasteiger partial charge < -0.3 is 20.8 Å². The van der Waals surface area contributed by atoms with Crippen molar-refractivity contribution in [3.63, 3.8) is 0 Å². The summed E-state index contributed by atoms with van der Waals surface area (Å²) in [6.45, 7) is 6.57. The van der Waals surface area contributed by atoms with Crippen molar-refractivity contribution in [2.24, 2.45) is 4.99 Å². The maximum Gasteiger partial charge on any atom is 0.419 e. The summed E-state index contributed by atoms with van der Waals surface area (Å²) in [5, 5.41) is 24.2. The van der Waals surface area contributed by atoms with Gasteiger partial charge in [-0.1, -0.05) is 12.6 Å². The second-order valence-corrected chi connectivity index (χ2v) is 6.50. The molecule has 2 amide bonds. The van der Waals surface area contributed by atoms with Crippen molar-refractivity contribution >= 4 is 28.9 Å². The van der Waals surface area contributed by atoms with Gasteiger partial charge in [0.1, 0.15) is 11.5 Å². The third-order valence-electron chi connectivity index (χ3n) is 4.26. The number of nitrogens with zero attached hydrogens (tertiary/aromatic N) is 1. The van der Waals surface area contributed by atoms with E-state index >= 15 is 0 Å². The monoisotopic (exact) mass is 447 g/mol. The Bertz CT molecular complexity index is 1120. The summed E-state index contributed by atoms with van der Waals surface area (Å²) in [4.78, 5) is 28.6. The van der Waals surface area contributed by atoms with Gasteiger partial charge in [0.2, 0.25) is 0 Å². The number of carbonyl (C=O) groups excluding carboxylic acids is 2. The number of aromatic hydroxyl groups is 1. The lowest BCUT2D eigenvalue weighted by Crippen LogP contribution is -2.25. The summed E-state index contributed by atoms with van der Waals surface area (Å²) in [6.07, 6.45) is -2.46. The van der Waals surface area contributed by atoms with Crippen molar-refractivity contribution < 1.29 is 33.0 Å². The molecule has 0 bridgehead atoms. The van der Waals surface area contributed by atoms with Gasteiger partial charge in [0.25, 0.3) is 11.8 Å². The number of alkyl halides is 3. The minimum absolute atomic E-state index is 0.190. The first-order chi connectivity index (χ1) is 15.0. The fraction of sp³-hybridized carbons (Fsp3) is 0.136. The van der Waals surface area contributed by atoms with Gasteiger partial charge in [-0.3, -0.25) is 9.59 Å². The smallest absolute Gasteiger partial charge is 0.419 e. The highest BCUT2D eigenvalue weighted by Crippen LogP contribution is 2.36. The molecule has 0 saturated heterocycles. The van der Waals surface area contributed by atoms with Gasteiger partial charge >= 0.3 is 6.18 Å². The molecule has 0 fully saturated rings. The van der Waals surface area contributed by atoms with Crippen LogP contribution < -0.4 is 10.6 Å². The Kier molecular flexibility index (Phi) is 7.42. The molecule has 2 aromatic carbocycles. The molecule has 0 aliphatic heterocycles. The molecule has 7 nitrogen and oxygen atoms in total. The number of carbonyl (C=O) groups is 2. The summed E-state index contributed by atoms with van der Waals surface area (Å²) in [5.74, 6) is -2.94. The molecule has 0 unspecified atom stereocenters. The first-order valence-corrected chi connectivity index (χ1v) is 9.15. The lowest BCUT2D eigenvalue weighted by molar-refractivity contribution is -0.138. The van der Waals surface area contributed by atoms with E-state index in [9.17, 15) is 33.0 Å². The van der Waals surface area contributed by atoms with Gasteiger partial charge in [-0.2, -0.15) is 13.2 Å². The summed E-state index contributed by atoms with van der Waals surface area (Å²) >= 11 is 0. The van der Waals surface area contributed by atoms with Gasteiger partial charge in [0.15, 0.2) is 5.71 Å². The topological polar surface area (TPSA) is 111 Å². The molecule has 0 aromatic heterocycles. The van der Waals surface area contributed by atoms with Crippen LogP contribution in [0.1, 0.15) is 28.4 Å². The fourth-order valence-corrected chi connectivity index (χ4v) is 2.59. The molecule has 10 heteroatoms. The molecule has 0 atom stereocenters. The second kappa shape index (κ2) is 9.82. The number of benzene rings is 2. The predicted octanol–water partition coefficient (Wildman–Crippen LogP) is 4.96. The Balaban J connectivity index is 2.28. The van der Waals surface area contributed by atoms with Crippen molar-refractivity contribution in [2.75, 3.05) is 10.6 Å². The van der Waals surface area contributed by atoms with Crippen LogP contribution in [-0.4, -0.2) is 27.7 Å². The number of halogens is 3. The molecule has 0 aliphatic carbocycles. The highest BCUT2D eigenvalue weighted by molar-refractivity contribution is 6.48. The van der Waals surface area contributed by atoms with Crippen LogP contribution in [-0.2, 0) is 11.0 Å². The SMILES string of the molecule is C=C/N=C(C(=O)Nc1cc(NC(=O)c2ccc(O)c(C(F)(F)F)c2)ccc1C)\C(O)=C/C. The Morgan fingerprint density at radius 1 is 1.12 bits per heavy atom. The number of hydrogen-bond donors (Lipinski definition) is 4. The zero-order valence-electron chi connectivity index (χ0n) is 17.1. The fourth-order valence-electron chi connectivity index (χ4n) is 2.59. The third kappa shape index (κ3) is 5.75. The van der Waals surface area contributed by atoms with Gasteiger partial charge in [-0.15, -0.1) is 0 Å². The van der Waals surface area contributed by atoms with E-state index in [4.69, 9.17) is 0 Å². The Morgan fingerprint density at radius 3 is 2.41 bits per heavy atom. The lowest BCUT2D eigenvalue weighted by atomic mass is 10.1. The molecule has 0 saturated carbocycles. The molecule has 0 heterocycles. The molecular formula is C22H20F3N3O4. The van der Waals surface area contributed by atoms with E-state index in [0.717, 1.165) is 18.3 Å². The minimum atomic E-state index is -4.83. The second-order valence-electron chi connectivity index (χ2n) is 6.50. The van der Waals surface area contributed by atoms with Gasteiger partial charge in [0.05, 0.1) is 5.56 Å². The number of aliphatic hydroxyl groups is 1. The Morgan fingerprint density at radius 2 is 1.81 bits per heavy atom. The number of allylic oxidation sites excluding steroid dienone is 1. The first kappa shape index (κ1) is 24.2. The number of rotatable bonds is 6. The Hall–Kier alpha value is -4.08. The van der Waals surface area contributed by atoms with Crippen LogP contribution in [0.3, 0.4) is 0 Å². The zero-order valence-corrected chi connectivity index (χ0v) is 17.1. The largest absolute Gasteiger partial charge is 0.507 e. The van der Waals surface area contributed by atoms with E-state index < -0.39 is 29.3 Å². The third-order valence-corrected chi connectivity index (χ3v) is 4.26. The maximum absolute atomic E-state index is 13.0. The molecule has 168 valence electrons. The van der Waals surface area contributed by atoms with E-state index in [2.05, 4.69) is 22.2 Å². The Labute approximate surface area is 181 Å². The number of hydrogen-bond acceptors (Lipinski definition) is 5. The van der Waals surface area contributed by atoms with E-state index in [-0.39, 0.29) is 28.4 Å². The average molecular weight is 447 g/mol. The van der Waals surface area contributed by atoms with Crippen molar-refractivity contribution in [3.8, 4) is 5.75 Å². The van der Waals surface area contributed by atoms with Crippen LogP contribution in [0.4, 0.5) is 24.5 Å². The minimum Gasteiger partial charge on any atom is -0.507 e. The van der Waals surface area contributed by atoms with Gasteiger partial charge in [-0.25, -0.2) is 4.99 Å². The molecule has 2 aromatic rings. The van der Waals surface area contributed by atoms with Crippen LogP contribution >= 0.6 is 0 Å². The standard InChI is InChI=1S/C22H20F3N3O4/c1-4-17(29)19(26-5-2)21(32)28-16-11-14(8-6-12(16)3)27-20(31)13-7-9-18(30)15(10-13)22(23,24)25/h4-11,29-30H,2H2,1,3H3,(H,27,31)(H,28,32)/b17-4+,26-19+. The van der Waals surface area contributed by atoms with E-state index in [1.54, 1.807) is 13.0 Å². The van der Waals surface area contributed by atoms with Crippen molar-refractivity contribution in [3.05, 3.63) is 77.7 Å². The normalized spacial score (nSPS) is 12.3. The predicted molar refractivity (Wildman–Crippen MR) is 115 cm³/mol. The van der Waals surface area contributed by atoms with E-state index in [0.29, 0.717) is 11.6 Å².